The highest BCUT2D eigenvalue weighted by Crippen LogP contribution is 2.39. The molecule has 4 unspecified atom stereocenters. The maximum Gasteiger partial charge on any atom is 0.263 e. The Morgan fingerprint density at radius 2 is 2.14 bits per heavy atom. The van der Waals surface area contributed by atoms with Crippen LogP contribution in [-0.4, -0.2) is 29.9 Å². The second-order valence-corrected chi connectivity index (χ2v) is 8.42. The summed E-state index contributed by atoms with van der Waals surface area (Å²) in [5.41, 5.74) is 7.61. The van der Waals surface area contributed by atoms with Crippen molar-refractivity contribution in [3.05, 3.63) is 21.4 Å². The molecule has 0 aromatic carbocycles. The molecule has 3 nitrogen and oxygen atoms in total. The summed E-state index contributed by atoms with van der Waals surface area (Å²) in [7, 11) is 0. The maximum absolute atomic E-state index is 12.8. The van der Waals surface area contributed by atoms with Gasteiger partial charge in [0.25, 0.3) is 5.91 Å². The summed E-state index contributed by atoms with van der Waals surface area (Å²) in [6.45, 7) is 4.12. The van der Waals surface area contributed by atoms with Gasteiger partial charge in [-0.2, -0.15) is 0 Å². The first kappa shape index (κ1) is 16.3. The van der Waals surface area contributed by atoms with E-state index in [1.54, 1.807) is 11.3 Å². The van der Waals surface area contributed by atoms with E-state index in [-0.39, 0.29) is 18.3 Å². The second-order valence-electron chi connectivity index (χ2n) is 7.28. The quantitative estimate of drug-likeness (QED) is 0.853. The molecule has 2 fully saturated rings. The number of aryl methyl sites for hydroxylation is 1. The maximum atomic E-state index is 12.8. The van der Waals surface area contributed by atoms with Crippen LogP contribution < -0.4 is 5.73 Å². The molecule has 1 aliphatic heterocycles. The number of hydrogen-bond donors (Lipinski definition) is 1. The van der Waals surface area contributed by atoms with E-state index in [0.29, 0.717) is 17.9 Å². The van der Waals surface area contributed by atoms with Crippen molar-refractivity contribution in [3.63, 3.8) is 0 Å². The molecular formula is C17H25ClN2OS. The van der Waals surface area contributed by atoms with Crippen molar-refractivity contribution in [3.8, 4) is 0 Å². The molecule has 3 aliphatic rings. The van der Waals surface area contributed by atoms with Crippen molar-refractivity contribution in [2.24, 2.45) is 23.5 Å². The molecule has 2 heterocycles. The fraction of sp³-hybridized carbons (Fsp3) is 0.706. The van der Waals surface area contributed by atoms with Gasteiger partial charge >= 0.3 is 0 Å². The van der Waals surface area contributed by atoms with Crippen molar-refractivity contribution in [2.75, 3.05) is 13.1 Å². The van der Waals surface area contributed by atoms with Gasteiger partial charge in [0.2, 0.25) is 0 Å². The monoisotopic (exact) mass is 340 g/mol. The molecular weight excluding hydrogens is 316 g/mol. The number of carbonyl (C=O) groups is 1. The van der Waals surface area contributed by atoms with Crippen LogP contribution in [0.5, 0.6) is 0 Å². The molecule has 0 spiro atoms. The van der Waals surface area contributed by atoms with E-state index in [1.165, 1.54) is 23.3 Å². The summed E-state index contributed by atoms with van der Waals surface area (Å²) in [6.07, 6.45) is 5.92. The lowest BCUT2D eigenvalue weighted by Crippen LogP contribution is -2.33. The predicted molar refractivity (Wildman–Crippen MR) is 92.8 cm³/mol. The summed E-state index contributed by atoms with van der Waals surface area (Å²) in [6, 6.07) is 2.48. The van der Waals surface area contributed by atoms with E-state index < -0.39 is 0 Å². The van der Waals surface area contributed by atoms with Crippen LogP contribution in [0.15, 0.2) is 6.07 Å². The fourth-order valence-electron chi connectivity index (χ4n) is 4.44. The number of hydrogen-bond acceptors (Lipinski definition) is 3. The minimum atomic E-state index is 0. The number of fused-ring (bicyclic) bond motifs is 2. The zero-order valence-corrected chi connectivity index (χ0v) is 14.7. The topological polar surface area (TPSA) is 46.3 Å². The lowest BCUT2D eigenvalue weighted by atomic mass is 9.90. The Bertz CT molecular complexity index is 573. The number of thiophene rings is 1. The molecule has 5 heteroatoms. The van der Waals surface area contributed by atoms with Crippen molar-refractivity contribution in [1.29, 1.82) is 0 Å². The lowest BCUT2D eigenvalue weighted by Gasteiger charge is -2.17. The van der Waals surface area contributed by atoms with E-state index in [0.717, 1.165) is 43.1 Å². The second kappa shape index (κ2) is 6.14. The van der Waals surface area contributed by atoms with Gasteiger partial charge in [0.1, 0.15) is 0 Å². The fourth-order valence-corrected chi connectivity index (χ4v) is 5.62. The number of carbonyl (C=O) groups excluding carboxylic acids is 1. The Balaban J connectivity index is 0.00000144. The first-order chi connectivity index (χ1) is 10.1. The van der Waals surface area contributed by atoms with E-state index in [2.05, 4.69) is 17.9 Å². The minimum Gasteiger partial charge on any atom is -0.337 e. The molecule has 2 aliphatic carbocycles. The van der Waals surface area contributed by atoms with Gasteiger partial charge in [-0.1, -0.05) is 6.92 Å². The number of halogens is 1. The van der Waals surface area contributed by atoms with Gasteiger partial charge in [0, 0.05) is 24.0 Å². The van der Waals surface area contributed by atoms with Crippen LogP contribution in [0.3, 0.4) is 0 Å². The summed E-state index contributed by atoms with van der Waals surface area (Å²) in [5, 5.41) is 0. The third kappa shape index (κ3) is 2.70. The van der Waals surface area contributed by atoms with E-state index in [4.69, 9.17) is 5.73 Å². The van der Waals surface area contributed by atoms with E-state index in [1.807, 2.05) is 0 Å². The van der Waals surface area contributed by atoms with Crippen molar-refractivity contribution in [2.45, 2.75) is 45.1 Å². The summed E-state index contributed by atoms with van der Waals surface area (Å²) >= 11 is 1.74. The number of amides is 1. The van der Waals surface area contributed by atoms with Crippen molar-refractivity contribution >= 4 is 29.7 Å². The van der Waals surface area contributed by atoms with Gasteiger partial charge < -0.3 is 10.6 Å². The van der Waals surface area contributed by atoms with E-state index in [9.17, 15) is 4.79 Å². The molecule has 1 amide bonds. The Morgan fingerprint density at radius 1 is 1.32 bits per heavy atom. The Hall–Kier alpha value is -0.580. The van der Waals surface area contributed by atoms with Crippen molar-refractivity contribution in [1.82, 2.24) is 4.90 Å². The molecule has 1 saturated carbocycles. The predicted octanol–water partition coefficient (Wildman–Crippen LogP) is 3.10. The van der Waals surface area contributed by atoms with Gasteiger partial charge in [0.15, 0.2) is 0 Å². The molecule has 1 aromatic heterocycles. The normalized spacial score (nSPS) is 33.3. The molecule has 4 rings (SSSR count). The van der Waals surface area contributed by atoms with Gasteiger partial charge in [-0.15, -0.1) is 23.7 Å². The standard InChI is InChI=1S/C17H24N2OS.ClH/c1-10-2-5-15-12(6-10)7-16(21-15)17(20)19-8-11-3-4-14(18)13(11)9-19;/h7,10-11,13-14H,2-6,8-9,18H2,1H3;1H. The molecule has 4 atom stereocenters. The van der Waals surface area contributed by atoms with Crippen molar-refractivity contribution < 1.29 is 4.79 Å². The van der Waals surface area contributed by atoms with Gasteiger partial charge in [-0.3, -0.25) is 4.79 Å². The third-order valence-electron chi connectivity index (χ3n) is 5.74. The Labute approximate surface area is 142 Å². The first-order valence-electron chi connectivity index (χ1n) is 8.28. The molecule has 0 bridgehead atoms. The molecule has 122 valence electrons. The summed E-state index contributed by atoms with van der Waals surface area (Å²) in [4.78, 5) is 17.3. The zero-order valence-electron chi connectivity index (χ0n) is 13.1. The highest BCUT2D eigenvalue weighted by atomic mass is 35.5. The van der Waals surface area contributed by atoms with Crippen LogP contribution in [0.2, 0.25) is 0 Å². The lowest BCUT2D eigenvalue weighted by molar-refractivity contribution is 0.0784. The molecule has 1 aromatic rings. The molecule has 22 heavy (non-hydrogen) atoms. The van der Waals surface area contributed by atoms with Crippen LogP contribution in [0.1, 0.15) is 46.3 Å². The summed E-state index contributed by atoms with van der Waals surface area (Å²) < 4.78 is 0. The largest absolute Gasteiger partial charge is 0.337 e. The number of likely N-dealkylation sites (tertiary alicyclic amines) is 1. The van der Waals surface area contributed by atoms with Crippen LogP contribution in [0.25, 0.3) is 0 Å². The highest BCUT2D eigenvalue weighted by molar-refractivity contribution is 7.14. The Morgan fingerprint density at radius 3 is 2.91 bits per heavy atom. The SMILES string of the molecule is CC1CCc2sc(C(=O)N3CC4CCC(N)C4C3)cc2C1.Cl. The highest BCUT2D eigenvalue weighted by Gasteiger charge is 2.42. The van der Waals surface area contributed by atoms with Gasteiger partial charge in [0.05, 0.1) is 4.88 Å². The van der Waals surface area contributed by atoms with Crippen LogP contribution in [-0.2, 0) is 12.8 Å². The number of nitrogens with two attached hydrogens (primary N) is 1. The first-order valence-corrected chi connectivity index (χ1v) is 9.10. The minimum absolute atomic E-state index is 0. The average Bonchev–Trinajstić information content (AvgIpc) is 3.13. The van der Waals surface area contributed by atoms with Crippen LogP contribution in [0.4, 0.5) is 0 Å². The summed E-state index contributed by atoms with van der Waals surface area (Å²) in [5.74, 6) is 2.21. The van der Waals surface area contributed by atoms with Gasteiger partial charge in [-0.25, -0.2) is 0 Å². The average molecular weight is 341 g/mol. The van der Waals surface area contributed by atoms with Crippen LogP contribution in [0, 0.1) is 17.8 Å². The number of nitrogens with zero attached hydrogens (tertiary/aromatic N) is 1. The smallest absolute Gasteiger partial charge is 0.263 e. The number of rotatable bonds is 1. The molecule has 1 saturated heterocycles. The third-order valence-corrected chi connectivity index (χ3v) is 6.96. The zero-order chi connectivity index (χ0) is 14.6. The molecule has 2 N–H and O–H groups in total. The van der Waals surface area contributed by atoms with Crippen LogP contribution >= 0.6 is 23.7 Å². The van der Waals surface area contributed by atoms with E-state index >= 15 is 0 Å². The molecule has 0 radical (unpaired) electrons. The Kier molecular flexibility index (Phi) is 4.54. The van der Waals surface area contributed by atoms with Gasteiger partial charge in [-0.05, 0) is 61.5 Å².